The Balaban J connectivity index is 1.34. The molecule has 1 N–H and O–H groups in total. The summed E-state index contributed by atoms with van der Waals surface area (Å²) >= 11 is 0. The second-order valence-corrected chi connectivity index (χ2v) is 11.9. The fraction of sp³-hybridized carbons (Fsp3) is 0.389. The number of carboxylic acid groups (broad SMARTS) is 1. The van der Waals surface area contributed by atoms with Gasteiger partial charge in [-0.05, 0) is 41.2 Å². The summed E-state index contributed by atoms with van der Waals surface area (Å²) in [6.45, 7) is 5.96. The van der Waals surface area contributed by atoms with Crippen LogP contribution >= 0.6 is 0 Å². The molecule has 9 nitrogen and oxygen atoms in total. The number of rotatable bonds is 7. The van der Waals surface area contributed by atoms with Gasteiger partial charge in [-0.3, -0.25) is 9.58 Å². The number of aromatic carboxylic acids is 1. The summed E-state index contributed by atoms with van der Waals surface area (Å²) in [7, 11) is 1.99. The monoisotopic (exact) mass is 608 g/mol. The number of nitrogens with zero attached hydrogens (tertiary/aromatic N) is 4. The number of ether oxygens (including phenoxy) is 3. The van der Waals surface area contributed by atoms with E-state index in [1.165, 1.54) is 16.3 Å². The van der Waals surface area contributed by atoms with Gasteiger partial charge in [-0.1, -0.05) is 60.7 Å². The average molecular weight is 609 g/mol. The zero-order chi connectivity index (χ0) is 30.8. The van der Waals surface area contributed by atoms with E-state index in [9.17, 15) is 9.90 Å². The molecule has 45 heavy (non-hydrogen) atoms. The number of morpholine rings is 1. The standard InChI is InChI=1S/C36H40N4O5/c1-38-32(23-39-15-18-43-19-16-39)33-30-14-6-13-28-29(12-5-10-26-9-4-8-25-7-2-3-11-27(25)26)35(36(41)42)40(34(28)30)17-20-44-21-22-45-24-31(33)37-38/h2-4,6-9,11,13-14H,5,10,12,15-24H2,1H3,(H,41,42). The first kappa shape index (κ1) is 29.7. The molecule has 1 fully saturated rings. The van der Waals surface area contributed by atoms with Crippen LogP contribution in [0, 0.1) is 0 Å². The summed E-state index contributed by atoms with van der Waals surface area (Å²) < 4.78 is 21.5. The van der Waals surface area contributed by atoms with Gasteiger partial charge in [0.05, 0.1) is 56.5 Å². The first-order valence-electron chi connectivity index (χ1n) is 15.9. The van der Waals surface area contributed by atoms with Crippen LogP contribution in [0.25, 0.3) is 32.8 Å². The van der Waals surface area contributed by atoms with E-state index in [-0.39, 0.29) is 0 Å². The lowest BCUT2D eigenvalue weighted by molar-refractivity contribution is 0.0332. The highest BCUT2D eigenvalue weighted by Gasteiger charge is 2.28. The highest BCUT2D eigenvalue weighted by Crippen LogP contribution is 2.39. The molecule has 5 aromatic rings. The van der Waals surface area contributed by atoms with E-state index in [1.54, 1.807) is 0 Å². The molecule has 9 heteroatoms. The summed E-state index contributed by atoms with van der Waals surface area (Å²) in [5.74, 6) is -0.910. The Bertz CT molecular complexity index is 1830. The number of aromatic nitrogens is 3. The van der Waals surface area contributed by atoms with Gasteiger partial charge < -0.3 is 23.9 Å². The normalized spacial score (nSPS) is 16.4. The van der Waals surface area contributed by atoms with Crippen molar-refractivity contribution in [1.29, 1.82) is 0 Å². The van der Waals surface area contributed by atoms with Crippen molar-refractivity contribution in [2.24, 2.45) is 7.05 Å². The Morgan fingerprint density at radius 2 is 1.58 bits per heavy atom. The second kappa shape index (κ2) is 13.1. The Morgan fingerprint density at radius 1 is 0.844 bits per heavy atom. The topological polar surface area (TPSA) is 91.0 Å². The van der Waals surface area contributed by atoms with Crippen molar-refractivity contribution in [2.75, 3.05) is 46.1 Å². The molecule has 7 rings (SSSR count). The molecular weight excluding hydrogens is 568 g/mol. The first-order chi connectivity index (χ1) is 22.1. The molecule has 3 aromatic carbocycles. The molecule has 0 unspecified atom stereocenters. The zero-order valence-electron chi connectivity index (χ0n) is 25.8. The molecule has 1 saturated heterocycles. The Labute approximate surface area is 262 Å². The van der Waals surface area contributed by atoms with Crippen LogP contribution in [0.3, 0.4) is 0 Å². The molecule has 0 saturated carbocycles. The number of carboxylic acids is 1. The second-order valence-electron chi connectivity index (χ2n) is 11.9. The number of para-hydroxylation sites is 1. The molecule has 2 aliphatic heterocycles. The fourth-order valence-electron chi connectivity index (χ4n) is 7.10. The zero-order valence-corrected chi connectivity index (χ0v) is 25.8. The van der Waals surface area contributed by atoms with Crippen molar-refractivity contribution < 1.29 is 24.1 Å². The Morgan fingerprint density at radius 3 is 2.44 bits per heavy atom. The quantitative estimate of drug-likeness (QED) is 0.263. The number of benzene rings is 3. The van der Waals surface area contributed by atoms with Gasteiger partial charge in [0.25, 0.3) is 0 Å². The maximum absolute atomic E-state index is 13.1. The van der Waals surface area contributed by atoms with Crippen molar-refractivity contribution in [3.8, 4) is 11.1 Å². The van der Waals surface area contributed by atoms with Crippen molar-refractivity contribution in [3.05, 3.63) is 88.9 Å². The van der Waals surface area contributed by atoms with Crippen LogP contribution in [0.4, 0.5) is 0 Å². The number of fused-ring (bicyclic) bond motifs is 3. The maximum Gasteiger partial charge on any atom is 0.352 e. The summed E-state index contributed by atoms with van der Waals surface area (Å²) in [6.07, 6.45) is 2.36. The predicted molar refractivity (Wildman–Crippen MR) is 174 cm³/mol. The smallest absolute Gasteiger partial charge is 0.352 e. The van der Waals surface area contributed by atoms with Crippen LogP contribution < -0.4 is 0 Å². The highest BCUT2D eigenvalue weighted by atomic mass is 16.5. The lowest BCUT2D eigenvalue weighted by Crippen LogP contribution is -2.36. The summed E-state index contributed by atoms with van der Waals surface area (Å²) in [6, 6.07) is 21.1. The number of hydrogen-bond acceptors (Lipinski definition) is 6. The number of aryl methyl sites for hydroxylation is 3. The third-order valence-electron chi connectivity index (χ3n) is 9.20. The SMILES string of the molecule is Cn1nc2c(c1CN1CCOCC1)-c1cccc3c(CCCc4cccc5ccccc45)c(C(=O)O)n(c13)CCOCCOC2. The van der Waals surface area contributed by atoms with Gasteiger partial charge in [0, 0.05) is 49.7 Å². The molecule has 0 bridgehead atoms. The Hall–Kier alpha value is -4.02. The van der Waals surface area contributed by atoms with Crippen LogP contribution in [-0.2, 0) is 53.8 Å². The van der Waals surface area contributed by atoms with E-state index >= 15 is 0 Å². The predicted octanol–water partition coefficient (Wildman–Crippen LogP) is 5.45. The van der Waals surface area contributed by atoms with Crippen LogP contribution in [-0.4, -0.2) is 76.4 Å². The minimum absolute atomic E-state index is 0.354. The van der Waals surface area contributed by atoms with Crippen molar-refractivity contribution in [1.82, 2.24) is 19.2 Å². The van der Waals surface area contributed by atoms with Gasteiger partial charge in [0.1, 0.15) is 5.69 Å². The number of carbonyl (C=O) groups is 1. The molecule has 2 aromatic heterocycles. The van der Waals surface area contributed by atoms with Gasteiger partial charge in [0.2, 0.25) is 0 Å². The van der Waals surface area contributed by atoms with Crippen LogP contribution in [0.2, 0.25) is 0 Å². The number of hydrogen-bond donors (Lipinski definition) is 1. The molecule has 2 aliphatic rings. The van der Waals surface area contributed by atoms with Crippen molar-refractivity contribution in [2.45, 2.75) is 39.0 Å². The summed E-state index contributed by atoms with van der Waals surface area (Å²) in [5, 5.41) is 19.1. The third-order valence-corrected chi connectivity index (χ3v) is 9.20. The lowest BCUT2D eigenvalue weighted by Gasteiger charge is -2.27. The molecule has 0 radical (unpaired) electrons. The van der Waals surface area contributed by atoms with Gasteiger partial charge in [-0.2, -0.15) is 5.10 Å². The minimum atomic E-state index is -0.910. The molecule has 0 amide bonds. The van der Waals surface area contributed by atoms with E-state index in [4.69, 9.17) is 19.3 Å². The van der Waals surface area contributed by atoms with Crippen LogP contribution in [0.15, 0.2) is 60.7 Å². The summed E-state index contributed by atoms with van der Waals surface area (Å²) in [5.41, 5.74) is 7.43. The van der Waals surface area contributed by atoms with Crippen molar-refractivity contribution >= 4 is 27.6 Å². The van der Waals surface area contributed by atoms with Gasteiger partial charge >= 0.3 is 5.97 Å². The van der Waals surface area contributed by atoms with E-state index in [1.807, 2.05) is 16.3 Å². The average Bonchev–Trinajstić information content (AvgIpc) is 3.54. The summed E-state index contributed by atoms with van der Waals surface area (Å²) in [4.78, 5) is 15.4. The molecular formula is C36H40N4O5. The Kier molecular flexibility index (Phi) is 8.67. The third kappa shape index (κ3) is 5.89. The highest BCUT2D eigenvalue weighted by molar-refractivity contribution is 6.04. The van der Waals surface area contributed by atoms with Gasteiger partial charge in [-0.15, -0.1) is 0 Å². The van der Waals surface area contributed by atoms with E-state index in [0.717, 1.165) is 71.5 Å². The van der Waals surface area contributed by atoms with E-state index in [2.05, 4.69) is 65.6 Å². The molecule has 4 heterocycles. The lowest BCUT2D eigenvalue weighted by atomic mass is 9.96. The van der Waals surface area contributed by atoms with Crippen molar-refractivity contribution in [3.63, 3.8) is 0 Å². The largest absolute Gasteiger partial charge is 0.477 e. The molecule has 0 aliphatic carbocycles. The molecule has 0 atom stereocenters. The van der Waals surface area contributed by atoms with E-state index in [0.29, 0.717) is 58.3 Å². The first-order valence-corrected chi connectivity index (χ1v) is 15.9. The van der Waals surface area contributed by atoms with Crippen LogP contribution in [0.5, 0.6) is 0 Å². The fourth-order valence-corrected chi connectivity index (χ4v) is 7.10. The molecule has 0 spiro atoms. The van der Waals surface area contributed by atoms with Gasteiger partial charge in [-0.25, -0.2) is 4.79 Å². The minimum Gasteiger partial charge on any atom is -0.477 e. The molecule has 234 valence electrons. The van der Waals surface area contributed by atoms with Crippen LogP contribution in [0.1, 0.15) is 39.4 Å². The van der Waals surface area contributed by atoms with E-state index < -0.39 is 5.97 Å². The van der Waals surface area contributed by atoms with Gasteiger partial charge in [0.15, 0.2) is 0 Å². The maximum atomic E-state index is 13.1.